The average molecular weight is 297 g/mol. The molecule has 0 radical (unpaired) electrons. The molecule has 0 aromatic carbocycles. The third-order valence-electron chi connectivity index (χ3n) is 2.95. The molecule has 0 bridgehead atoms. The standard InChI is InChI=1S/C14H29F2NO3/c1-2-3-4-5-6-7-8-20-10-13(19)9-17-11-14(15,16)12-18/h13,17-19H,2-12H2,1H3. The lowest BCUT2D eigenvalue weighted by molar-refractivity contribution is -0.0503. The minimum Gasteiger partial charge on any atom is -0.390 e. The van der Waals surface area contributed by atoms with Crippen LogP contribution < -0.4 is 5.32 Å². The summed E-state index contributed by atoms with van der Waals surface area (Å²) < 4.78 is 30.6. The largest absolute Gasteiger partial charge is 0.390 e. The first-order chi connectivity index (χ1) is 9.52. The number of hydrogen-bond donors (Lipinski definition) is 3. The number of nitrogens with one attached hydrogen (secondary N) is 1. The van der Waals surface area contributed by atoms with E-state index in [2.05, 4.69) is 12.2 Å². The molecule has 0 aromatic rings. The first-order valence-corrected chi connectivity index (χ1v) is 7.47. The molecule has 20 heavy (non-hydrogen) atoms. The summed E-state index contributed by atoms with van der Waals surface area (Å²) in [5.41, 5.74) is 0. The molecule has 0 aliphatic heterocycles. The molecule has 0 aliphatic carbocycles. The van der Waals surface area contributed by atoms with Crippen molar-refractivity contribution in [2.24, 2.45) is 0 Å². The van der Waals surface area contributed by atoms with Crippen molar-refractivity contribution in [2.75, 3.05) is 32.9 Å². The van der Waals surface area contributed by atoms with Gasteiger partial charge in [0, 0.05) is 13.2 Å². The molecule has 3 N–H and O–H groups in total. The Morgan fingerprint density at radius 2 is 1.80 bits per heavy atom. The third kappa shape index (κ3) is 12.7. The van der Waals surface area contributed by atoms with Crippen LogP contribution >= 0.6 is 0 Å². The van der Waals surface area contributed by atoms with Crippen LogP contribution in [0, 0.1) is 0 Å². The first-order valence-electron chi connectivity index (χ1n) is 7.47. The predicted octanol–water partition coefficient (Wildman–Crippen LogP) is 1.94. The van der Waals surface area contributed by atoms with Crippen LogP contribution in [0.3, 0.4) is 0 Å². The molecule has 0 fully saturated rings. The topological polar surface area (TPSA) is 61.7 Å². The molecule has 0 aliphatic rings. The molecule has 1 unspecified atom stereocenters. The van der Waals surface area contributed by atoms with E-state index in [0.29, 0.717) is 6.61 Å². The lowest BCUT2D eigenvalue weighted by Crippen LogP contribution is -2.40. The Balaban J connectivity index is 3.30. The number of halogens is 2. The predicted molar refractivity (Wildman–Crippen MR) is 75.1 cm³/mol. The molecular weight excluding hydrogens is 268 g/mol. The normalized spacial score (nSPS) is 13.7. The number of aliphatic hydroxyl groups is 2. The van der Waals surface area contributed by atoms with E-state index in [0.717, 1.165) is 12.8 Å². The molecule has 4 nitrogen and oxygen atoms in total. The molecule has 0 saturated heterocycles. The van der Waals surface area contributed by atoms with Crippen LogP contribution in [0.4, 0.5) is 8.78 Å². The van der Waals surface area contributed by atoms with Gasteiger partial charge < -0.3 is 20.3 Å². The van der Waals surface area contributed by atoms with Gasteiger partial charge in [-0.1, -0.05) is 39.0 Å². The fraction of sp³-hybridized carbons (Fsp3) is 1.00. The SMILES string of the molecule is CCCCCCCCOCC(O)CNCC(F)(F)CO. The maximum Gasteiger partial charge on any atom is 0.282 e. The monoisotopic (exact) mass is 297 g/mol. The fourth-order valence-electron chi connectivity index (χ4n) is 1.74. The van der Waals surface area contributed by atoms with Crippen molar-refractivity contribution in [3.63, 3.8) is 0 Å². The Labute approximate surface area is 120 Å². The summed E-state index contributed by atoms with van der Waals surface area (Å²) >= 11 is 0. The van der Waals surface area contributed by atoms with Gasteiger partial charge in [0.25, 0.3) is 5.92 Å². The second-order valence-electron chi connectivity index (χ2n) is 5.14. The molecular formula is C14H29F2NO3. The number of rotatable bonds is 14. The van der Waals surface area contributed by atoms with Gasteiger partial charge in [0.2, 0.25) is 0 Å². The first kappa shape index (κ1) is 19.7. The van der Waals surface area contributed by atoms with Crippen molar-refractivity contribution in [3.8, 4) is 0 Å². The van der Waals surface area contributed by atoms with Gasteiger partial charge in [-0.2, -0.15) is 0 Å². The van der Waals surface area contributed by atoms with Gasteiger partial charge in [0.05, 0.1) is 19.3 Å². The van der Waals surface area contributed by atoms with E-state index in [9.17, 15) is 13.9 Å². The highest BCUT2D eigenvalue weighted by Gasteiger charge is 2.27. The second-order valence-corrected chi connectivity index (χ2v) is 5.14. The number of unbranched alkanes of at least 4 members (excludes halogenated alkanes) is 5. The quantitative estimate of drug-likeness (QED) is 0.429. The molecule has 6 heteroatoms. The molecule has 1 atom stereocenters. The second kappa shape index (κ2) is 12.4. The van der Waals surface area contributed by atoms with Crippen molar-refractivity contribution in [1.29, 1.82) is 0 Å². The molecule has 0 amide bonds. The summed E-state index contributed by atoms with van der Waals surface area (Å²) in [6.07, 6.45) is 6.24. The zero-order chi connectivity index (χ0) is 15.3. The molecule has 0 heterocycles. The van der Waals surface area contributed by atoms with E-state index in [1.165, 1.54) is 25.7 Å². The van der Waals surface area contributed by atoms with Gasteiger partial charge in [0.15, 0.2) is 0 Å². The van der Waals surface area contributed by atoms with Crippen LogP contribution in [0.5, 0.6) is 0 Å². The van der Waals surface area contributed by atoms with Gasteiger partial charge in [0.1, 0.15) is 6.61 Å². The zero-order valence-electron chi connectivity index (χ0n) is 12.4. The maximum atomic E-state index is 12.7. The van der Waals surface area contributed by atoms with Crippen molar-refractivity contribution in [2.45, 2.75) is 57.5 Å². The molecule has 0 spiro atoms. The minimum atomic E-state index is -3.14. The van der Waals surface area contributed by atoms with E-state index in [-0.39, 0.29) is 13.2 Å². The summed E-state index contributed by atoms with van der Waals surface area (Å²) in [6, 6.07) is 0. The maximum absolute atomic E-state index is 12.7. The zero-order valence-corrected chi connectivity index (χ0v) is 12.4. The van der Waals surface area contributed by atoms with E-state index >= 15 is 0 Å². The molecule has 0 aromatic heterocycles. The van der Waals surface area contributed by atoms with E-state index in [1.54, 1.807) is 0 Å². The smallest absolute Gasteiger partial charge is 0.282 e. The van der Waals surface area contributed by atoms with Crippen LogP contribution in [0.15, 0.2) is 0 Å². The Morgan fingerprint density at radius 3 is 2.45 bits per heavy atom. The lowest BCUT2D eigenvalue weighted by atomic mass is 10.1. The van der Waals surface area contributed by atoms with Gasteiger partial charge in [-0.15, -0.1) is 0 Å². The van der Waals surface area contributed by atoms with Crippen LogP contribution in [-0.2, 0) is 4.74 Å². The van der Waals surface area contributed by atoms with E-state index < -0.39 is 25.2 Å². The Kier molecular flexibility index (Phi) is 12.3. The summed E-state index contributed by atoms with van der Waals surface area (Å²) in [4.78, 5) is 0. The summed E-state index contributed by atoms with van der Waals surface area (Å²) in [5.74, 6) is -3.14. The van der Waals surface area contributed by atoms with Crippen LogP contribution in [0.25, 0.3) is 0 Å². The van der Waals surface area contributed by atoms with Gasteiger partial charge in [-0.25, -0.2) is 8.78 Å². The summed E-state index contributed by atoms with van der Waals surface area (Å²) in [7, 11) is 0. The van der Waals surface area contributed by atoms with Crippen molar-refractivity contribution >= 4 is 0 Å². The number of hydrogen-bond acceptors (Lipinski definition) is 4. The van der Waals surface area contributed by atoms with Crippen LogP contribution in [0.1, 0.15) is 45.4 Å². The van der Waals surface area contributed by atoms with E-state index in [1.807, 2.05) is 0 Å². The minimum absolute atomic E-state index is 0.0338. The average Bonchev–Trinajstić information content (AvgIpc) is 2.41. The molecule has 122 valence electrons. The van der Waals surface area contributed by atoms with Crippen molar-refractivity contribution in [3.05, 3.63) is 0 Å². The van der Waals surface area contributed by atoms with Gasteiger partial charge >= 0.3 is 0 Å². The van der Waals surface area contributed by atoms with Gasteiger partial charge in [-0.3, -0.25) is 0 Å². The number of alkyl halides is 2. The summed E-state index contributed by atoms with van der Waals surface area (Å²) in [5, 5.41) is 20.3. The lowest BCUT2D eigenvalue weighted by Gasteiger charge is -2.16. The third-order valence-corrected chi connectivity index (χ3v) is 2.95. The van der Waals surface area contributed by atoms with Gasteiger partial charge in [-0.05, 0) is 6.42 Å². The Bertz CT molecular complexity index is 219. The Morgan fingerprint density at radius 1 is 1.15 bits per heavy atom. The number of ether oxygens (including phenoxy) is 1. The number of aliphatic hydroxyl groups excluding tert-OH is 2. The fourth-order valence-corrected chi connectivity index (χ4v) is 1.74. The van der Waals surface area contributed by atoms with Crippen molar-refractivity contribution < 1.29 is 23.7 Å². The highest BCUT2D eigenvalue weighted by Crippen LogP contribution is 2.09. The van der Waals surface area contributed by atoms with Crippen molar-refractivity contribution in [1.82, 2.24) is 5.32 Å². The molecule has 0 saturated carbocycles. The Hall–Kier alpha value is -0.300. The highest BCUT2D eigenvalue weighted by atomic mass is 19.3. The summed E-state index contributed by atoms with van der Waals surface area (Å²) in [6.45, 7) is 1.12. The highest BCUT2D eigenvalue weighted by molar-refractivity contribution is 4.69. The van der Waals surface area contributed by atoms with Crippen LogP contribution in [0.2, 0.25) is 0 Å². The van der Waals surface area contributed by atoms with E-state index in [4.69, 9.17) is 9.84 Å². The molecule has 0 rings (SSSR count). The van der Waals surface area contributed by atoms with Crippen LogP contribution in [-0.4, -0.2) is 55.1 Å².